The maximum Gasteiger partial charge on any atom is 0.276 e. The first-order chi connectivity index (χ1) is 12.9. The first kappa shape index (κ1) is 18.4. The van der Waals surface area contributed by atoms with Gasteiger partial charge in [0.1, 0.15) is 5.70 Å². The van der Waals surface area contributed by atoms with Crippen LogP contribution in [0.1, 0.15) is 11.1 Å². The normalized spacial score (nSPS) is 15.8. The Labute approximate surface area is 179 Å². The van der Waals surface area contributed by atoms with E-state index in [1.807, 2.05) is 24.3 Å². The molecule has 1 aliphatic heterocycles. The molecule has 0 radical (unpaired) electrons. The number of halogens is 2. The summed E-state index contributed by atoms with van der Waals surface area (Å²) < 4.78 is 4.25. The summed E-state index contributed by atoms with van der Waals surface area (Å²) >= 11 is 12.2. The lowest BCUT2D eigenvalue weighted by Crippen LogP contribution is -2.25. The molecule has 4 nitrogen and oxygen atoms in total. The largest absolute Gasteiger partial charge is 0.342 e. The molecule has 2 aromatic carbocycles. The third-order valence-corrected chi connectivity index (χ3v) is 5.92. The van der Waals surface area contributed by atoms with E-state index in [4.69, 9.17) is 12.2 Å². The minimum Gasteiger partial charge on any atom is -0.342 e. The maximum atomic E-state index is 12.3. The number of amides is 1. The Balaban J connectivity index is 1.79. The lowest BCUT2D eigenvalue weighted by Gasteiger charge is -2.06. The van der Waals surface area contributed by atoms with Gasteiger partial charge in [-0.3, -0.25) is 9.69 Å². The highest BCUT2D eigenvalue weighted by Gasteiger charge is 2.27. The van der Waals surface area contributed by atoms with Crippen molar-refractivity contribution in [3.8, 4) is 0 Å². The summed E-state index contributed by atoms with van der Waals surface area (Å²) in [5.41, 5.74) is 3.77. The van der Waals surface area contributed by atoms with Crippen molar-refractivity contribution < 1.29 is 4.79 Å². The average molecular weight is 505 g/mol. The van der Waals surface area contributed by atoms with E-state index in [1.54, 1.807) is 7.05 Å². The number of carbonyl (C=O) groups excluding carboxylic acids is 1. The summed E-state index contributed by atoms with van der Waals surface area (Å²) in [7, 11) is 1.67. The number of hydrogen-bond acceptors (Lipinski definition) is 2. The number of aromatic nitrogens is 1. The van der Waals surface area contributed by atoms with Crippen molar-refractivity contribution in [3.05, 3.63) is 74.4 Å². The molecule has 3 aromatic rings. The molecule has 0 spiro atoms. The molecule has 1 amide bonds. The van der Waals surface area contributed by atoms with Crippen LogP contribution in [0.3, 0.4) is 0 Å². The Morgan fingerprint density at radius 2 is 1.81 bits per heavy atom. The van der Waals surface area contributed by atoms with Gasteiger partial charge >= 0.3 is 0 Å². The zero-order valence-corrected chi connectivity index (χ0v) is 18.4. The van der Waals surface area contributed by atoms with Crippen LogP contribution in [0.5, 0.6) is 0 Å². The molecule has 1 saturated heterocycles. The zero-order valence-electron chi connectivity index (χ0n) is 14.4. The minimum absolute atomic E-state index is 0.121. The average Bonchev–Trinajstić information content (AvgIpc) is 3.09. The maximum absolute atomic E-state index is 12.3. The molecule has 1 N–H and O–H groups in total. The third-order valence-electron chi connectivity index (χ3n) is 4.52. The van der Waals surface area contributed by atoms with Crippen LogP contribution in [0.2, 0.25) is 0 Å². The molecule has 7 heteroatoms. The summed E-state index contributed by atoms with van der Waals surface area (Å²) in [6, 6.07) is 14.5. The van der Waals surface area contributed by atoms with Gasteiger partial charge in [-0.1, -0.05) is 44.0 Å². The Morgan fingerprint density at radius 3 is 2.48 bits per heavy atom. The fraction of sp³-hybridized carbons (Fsp3) is 0.100. The van der Waals surface area contributed by atoms with Gasteiger partial charge in [-0.2, -0.15) is 0 Å². The van der Waals surface area contributed by atoms with E-state index in [0.717, 1.165) is 32.0 Å². The first-order valence-electron chi connectivity index (χ1n) is 8.26. The van der Waals surface area contributed by atoms with Gasteiger partial charge in [-0.15, -0.1) is 0 Å². The van der Waals surface area contributed by atoms with Gasteiger partial charge in [0, 0.05) is 45.2 Å². The number of thiocarbonyl (C=S) groups is 1. The van der Waals surface area contributed by atoms with E-state index >= 15 is 0 Å². The predicted molar refractivity (Wildman–Crippen MR) is 119 cm³/mol. The Kier molecular flexibility index (Phi) is 4.92. The van der Waals surface area contributed by atoms with Crippen molar-refractivity contribution in [1.82, 2.24) is 14.8 Å². The minimum atomic E-state index is -0.121. The first-order valence-corrected chi connectivity index (χ1v) is 10.3. The van der Waals surface area contributed by atoms with Gasteiger partial charge in [0.2, 0.25) is 0 Å². The monoisotopic (exact) mass is 503 g/mol. The quantitative estimate of drug-likeness (QED) is 0.407. The van der Waals surface area contributed by atoms with Crippen LogP contribution >= 0.6 is 44.1 Å². The summed E-state index contributed by atoms with van der Waals surface area (Å²) in [5.74, 6) is -0.121. The van der Waals surface area contributed by atoms with Crippen LogP contribution in [-0.2, 0) is 11.3 Å². The predicted octanol–water partition coefficient (Wildman–Crippen LogP) is 4.90. The van der Waals surface area contributed by atoms with E-state index in [1.165, 1.54) is 10.5 Å². The van der Waals surface area contributed by atoms with E-state index in [9.17, 15) is 4.79 Å². The lowest BCUT2D eigenvalue weighted by molar-refractivity contribution is -0.121. The van der Waals surface area contributed by atoms with Gasteiger partial charge < -0.3 is 9.88 Å². The molecule has 1 aromatic heterocycles. The fourth-order valence-corrected chi connectivity index (χ4v) is 3.93. The van der Waals surface area contributed by atoms with Crippen LogP contribution in [-0.4, -0.2) is 27.5 Å². The molecule has 4 rings (SSSR count). The molecule has 27 heavy (non-hydrogen) atoms. The van der Waals surface area contributed by atoms with Crippen LogP contribution in [0.15, 0.2) is 63.3 Å². The SMILES string of the molecule is CN1C(=O)/C(=C/c2cn(Cc3ccc(Br)cc3)c3ccc(Br)cc23)NC1=S. The number of hydrogen-bond donors (Lipinski definition) is 1. The number of carbonyl (C=O) groups is 1. The van der Waals surface area contributed by atoms with Crippen LogP contribution < -0.4 is 5.32 Å². The fourth-order valence-electron chi connectivity index (χ4n) is 3.11. The highest BCUT2D eigenvalue weighted by molar-refractivity contribution is 9.10. The number of fused-ring (bicyclic) bond motifs is 1. The van der Waals surface area contributed by atoms with Crippen molar-refractivity contribution >= 4 is 72.1 Å². The van der Waals surface area contributed by atoms with Crippen LogP contribution in [0, 0.1) is 0 Å². The molecule has 0 bridgehead atoms. The number of nitrogens with zero attached hydrogens (tertiary/aromatic N) is 2. The molecule has 2 heterocycles. The van der Waals surface area contributed by atoms with Crippen molar-refractivity contribution in [2.45, 2.75) is 6.54 Å². The molecule has 0 unspecified atom stereocenters. The number of benzene rings is 2. The van der Waals surface area contributed by atoms with Gasteiger partial charge in [0.15, 0.2) is 5.11 Å². The van der Waals surface area contributed by atoms with Crippen molar-refractivity contribution in [2.75, 3.05) is 7.05 Å². The Bertz CT molecular complexity index is 1100. The summed E-state index contributed by atoms with van der Waals surface area (Å²) in [6.07, 6.45) is 3.94. The number of likely N-dealkylation sites (N-methyl/N-ethyl adjacent to an activating group) is 1. The van der Waals surface area contributed by atoms with Gasteiger partial charge in [0.05, 0.1) is 0 Å². The van der Waals surface area contributed by atoms with Crippen molar-refractivity contribution in [3.63, 3.8) is 0 Å². The van der Waals surface area contributed by atoms with Gasteiger partial charge in [0.25, 0.3) is 5.91 Å². The zero-order chi connectivity index (χ0) is 19.1. The third kappa shape index (κ3) is 3.59. The second kappa shape index (κ2) is 7.22. The van der Waals surface area contributed by atoms with Crippen molar-refractivity contribution in [2.24, 2.45) is 0 Å². The van der Waals surface area contributed by atoms with E-state index in [0.29, 0.717) is 10.8 Å². The van der Waals surface area contributed by atoms with Crippen molar-refractivity contribution in [1.29, 1.82) is 0 Å². The molecular weight excluding hydrogens is 490 g/mol. The smallest absolute Gasteiger partial charge is 0.276 e. The molecule has 0 aliphatic carbocycles. The molecule has 1 aliphatic rings. The van der Waals surface area contributed by atoms with Gasteiger partial charge in [-0.05, 0) is 54.2 Å². The van der Waals surface area contributed by atoms with E-state index in [2.05, 4.69) is 72.2 Å². The van der Waals surface area contributed by atoms with E-state index < -0.39 is 0 Å². The standard InChI is InChI=1S/C20H15Br2N3OS/c1-24-19(26)17(23-20(24)27)8-13-11-25(10-12-2-4-14(21)5-3-12)18-7-6-15(22)9-16(13)18/h2-9,11H,10H2,1H3,(H,23,27)/b17-8-. The second-order valence-electron chi connectivity index (χ2n) is 6.35. The van der Waals surface area contributed by atoms with Gasteiger partial charge in [-0.25, -0.2) is 0 Å². The summed E-state index contributed by atoms with van der Waals surface area (Å²) in [6.45, 7) is 0.744. The molecule has 1 fully saturated rings. The molecular formula is C20H15Br2N3OS. The van der Waals surface area contributed by atoms with E-state index in [-0.39, 0.29) is 5.91 Å². The van der Waals surface area contributed by atoms with Crippen LogP contribution in [0.25, 0.3) is 17.0 Å². The highest BCUT2D eigenvalue weighted by atomic mass is 79.9. The summed E-state index contributed by atoms with van der Waals surface area (Å²) in [5, 5.41) is 4.48. The Hall–Kier alpha value is -1.96. The Morgan fingerprint density at radius 1 is 1.11 bits per heavy atom. The highest BCUT2D eigenvalue weighted by Crippen LogP contribution is 2.28. The second-order valence-corrected chi connectivity index (χ2v) is 8.57. The molecule has 136 valence electrons. The van der Waals surface area contributed by atoms with Crippen LogP contribution in [0.4, 0.5) is 0 Å². The molecule has 0 atom stereocenters. The summed E-state index contributed by atoms with van der Waals surface area (Å²) in [4.78, 5) is 13.8. The lowest BCUT2D eigenvalue weighted by atomic mass is 10.1. The molecule has 0 saturated carbocycles. The topological polar surface area (TPSA) is 37.3 Å². The number of nitrogens with one attached hydrogen (secondary N) is 1. The number of rotatable bonds is 3.